The molecule has 1 aromatic rings. The molecule has 104 valence electrons. The summed E-state index contributed by atoms with van der Waals surface area (Å²) in [6.07, 6.45) is 2.55. The smallest absolute Gasteiger partial charge is 0.251 e. The van der Waals surface area contributed by atoms with Crippen molar-refractivity contribution in [3.05, 3.63) is 35.9 Å². The number of piperazine rings is 1. The van der Waals surface area contributed by atoms with E-state index in [4.69, 9.17) is 0 Å². The minimum Gasteiger partial charge on any atom is -0.359 e. The summed E-state index contributed by atoms with van der Waals surface area (Å²) in [5.41, 5.74) is 1.31. The van der Waals surface area contributed by atoms with E-state index in [2.05, 4.69) is 21.4 Å². The first-order chi connectivity index (χ1) is 9.03. The van der Waals surface area contributed by atoms with Crippen LogP contribution in [0.15, 0.2) is 34.7 Å². The highest BCUT2D eigenvalue weighted by atomic mass is 32.2. The van der Waals surface area contributed by atoms with E-state index in [9.17, 15) is 8.42 Å². The summed E-state index contributed by atoms with van der Waals surface area (Å²) >= 11 is 0. The molecule has 0 N–H and O–H groups in total. The SMILES string of the molecule is CS(=O)(=O)N=CN1CCN(Cc2ccccc2)CC1. The Morgan fingerprint density at radius 3 is 2.37 bits per heavy atom. The normalized spacial score (nSPS) is 18.1. The van der Waals surface area contributed by atoms with Crippen LogP contribution in [0.25, 0.3) is 0 Å². The summed E-state index contributed by atoms with van der Waals surface area (Å²) < 4.78 is 25.4. The Hall–Kier alpha value is -1.40. The van der Waals surface area contributed by atoms with Crippen molar-refractivity contribution < 1.29 is 8.42 Å². The van der Waals surface area contributed by atoms with Gasteiger partial charge in [0.2, 0.25) is 0 Å². The molecule has 0 unspecified atom stereocenters. The Morgan fingerprint density at radius 1 is 1.16 bits per heavy atom. The van der Waals surface area contributed by atoms with Crippen LogP contribution in [0.1, 0.15) is 5.56 Å². The van der Waals surface area contributed by atoms with Gasteiger partial charge in [-0.25, -0.2) is 8.42 Å². The van der Waals surface area contributed by atoms with Crippen LogP contribution in [0.3, 0.4) is 0 Å². The largest absolute Gasteiger partial charge is 0.359 e. The van der Waals surface area contributed by atoms with Crippen molar-refractivity contribution in [2.75, 3.05) is 32.4 Å². The highest BCUT2D eigenvalue weighted by Gasteiger charge is 2.15. The average molecular weight is 281 g/mol. The third kappa shape index (κ3) is 5.00. The quantitative estimate of drug-likeness (QED) is 0.605. The van der Waals surface area contributed by atoms with Gasteiger partial charge in [-0.05, 0) is 5.56 Å². The lowest BCUT2D eigenvalue weighted by atomic mass is 10.2. The first-order valence-electron chi connectivity index (χ1n) is 6.29. The Morgan fingerprint density at radius 2 is 1.79 bits per heavy atom. The van der Waals surface area contributed by atoms with E-state index in [0.29, 0.717) is 0 Å². The number of hydrogen-bond donors (Lipinski definition) is 0. The van der Waals surface area contributed by atoms with E-state index in [1.807, 2.05) is 23.1 Å². The highest BCUT2D eigenvalue weighted by Crippen LogP contribution is 2.07. The topological polar surface area (TPSA) is 53.0 Å². The van der Waals surface area contributed by atoms with Gasteiger partial charge in [-0.2, -0.15) is 4.40 Å². The molecule has 19 heavy (non-hydrogen) atoms. The van der Waals surface area contributed by atoms with Gasteiger partial charge >= 0.3 is 0 Å². The van der Waals surface area contributed by atoms with Crippen LogP contribution in [0.2, 0.25) is 0 Å². The van der Waals surface area contributed by atoms with Gasteiger partial charge in [0.05, 0.1) is 6.26 Å². The summed E-state index contributed by atoms with van der Waals surface area (Å²) in [7, 11) is -3.27. The fourth-order valence-electron chi connectivity index (χ4n) is 2.03. The van der Waals surface area contributed by atoms with Gasteiger partial charge in [0.15, 0.2) is 0 Å². The Bertz CT molecular complexity index is 520. The Balaban J connectivity index is 1.81. The first kappa shape index (κ1) is 14.0. The monoisotopic (exact) mass is 281 g/mol. The van der Waals surface area contributed by atoms with Crippen LogP contribution in [0, 0.1) is 0 Å². The third-order valence-electron chi connectivity index (χ3n) is 3.06. The van der Waals surface area contributed by atoms with E-state index >= 15 is 0 Å². The zero-order chi connectivity index (χ0) is 13.7. The molecule has 0 saturated carbocycles. The fraction of sp³-hybridized carbons (Fsp3) is 0.462. The number of rotatable bonds is 4. The molecule has 1 aliphatic rings. The summed E-state index contributed by atoms with van der Waals surface area (Å²) in [4.78, 5) is 4.31. The summed E-state index contributed by atoms with van der Waals surface area (Å²) in [5.74, 6) is 0. The zero-order valence-corrected chi connectivity index (χ0v) is 11.9. The lowest BCUT2D eigenvalue weighted by molar-refractivity contribution is 0.178. The summed E-state index contributed by atoms with van der Waals surface area (Å²) in [6, 6.07) is 10.4. The van der Waals surface area contributed by atoms with Crippen LogP contribution in [0.5, 0.6) is 0 Å². The number of benzene rings is 1. The van der Waals surface area contributed by atoms with Gasteiger partial charge in [-0.3, -0.25) is 4.90 Å². The summed E-state index contributed by atoms with van der Waals surface area (Å²) in [5, 5.41) is 0. The van der Waals surface area contributed by atoms with Crippen molar-refractivity contribution in [1.29, 1.82) is 0 Å². The molecule has 2 rings (SSSR count). The molecule has 0 aromatic heterocycles. The maximum atomic E-state index is 10.9. The second-order valence-electron chi connectivity index (χ2n) is 4.75. The van der Waals surface area contributed by atoms with E-state index in [1.54, 1.807) is 0 Å². The van der Waals surface area contributed by atoms with Crippen LogP contribution in [-0.2, 0) is 16.6 Å². The maximum absolute atomic E-state index is 10.9. The molecule has 1 fully saturated rings. The van der Waals surface area contributed by atoms with Crippen LogP contribution < -0.4 is 0 Å². The maximum Gasteiger partial charge on any atom is 0.251 e. The zero-order valence-electron chi connectivity index (χ0n) is 11.1. The van der Waals surface area contributed by atoms with Crippen molar-refractivity contribution in [3.8, 4) is 0 Å². The lowest BCUT2D eigenvalue weighted by Crippen LogP contribution is -2.45. The average Bonchev–Trinajstić information content (AvgIpc) is 2.38. The minimum atomic E-state index is -3.27. The van der Waals surface area contributed by atoms with Crippen LogP contribution >= 0.6 is 0 Å². The van der Waals surface area contributed by atoms with Crippen molar-refractivity contribution in [1.82, 2.24) is 9.80 Å². The molecule has 1 heterocycles. The Kier molecular flexibility index (Phi) is 4.55. The molecule has 6 heteroatoms. The fourth-order valence-corrected chi connectivity index (χ4v) is 2.34. The van der Waals surface area contributed by atoms with Gasteiger partial charge in [-0.1, -0.05) is 30.3 Å². The number of nitrogens with zero attached hydrogens (tertiary/aromatic N) is 3. The van der Waals surface area contributed by atoms with Crippen molar-refractivity contribution >= 4 is 16.4 Å². The van der Waals surface area contributed by atoms with Crippen LogP contribution in [0.4, 0.5) is 0 Å². The number of hydrogen-bond acceptors (Lipinski definition) is 3. The molecular formula is C13H19N3O2S. The van der Waals surface area contributed by atoms with Gasteiger partial charge in [-0.15, -0.1) is 0 Å². The predicted molar refractivity (Wildman–Crippen MR) is 76.6 cm³/mol. The molecule has 0 radical (unpaired) electrons. The van der Waals surface area contributed by atoms with Crippen LogP contribution in [-0.4, -0.2) is 57.0 Å². The molecule has 1 aliphatic heterocycles. The van der Waals surface area contributed by atoms with Crippen molar-refractivity contribution in [3.63, 3.8) is 0 Å². The van der Waals surface area contributed by atoms with Crippen molar-refractivity contribution in [2.24, 2.45) is 4.40 Å². The molecule has 0 atom stereocenters. The molecule has 1 aromatic carbocycles. The van der Waals surface area contributed by atoms with E-state index in [0.717, 1.165) is 39.0 Å². The second-order valence-corrected chi connectivity index (χ2v) is 6.43. The minimum absolute atomic E-state index is 0.811. The molecular weight excluding hydrogens is 262 g/mol. The molecule has 0 amide bonds. The van der Waals surface area contributed by atoms with E-state index in [1.165, 1.54) is 11.9 Å². The lowest BCUT2D eigenvalue weighted by Gasteiger charge is -2.33. The van der Waals surface area contributed by atoms with Crippen molar-refractivity contribution in [2.45, 2.75) is 6.54 Å². The highest BCUT2D eigenvalue weighted by molar-refractivity contribution is 7.89. The predicted octanol–water partition coefficient (Wildman–Crippen LogP) is 0.792. The van der Waals surface area contributed by atoms with E-state index in [-0.39, 0.29) is 0 Å². The van der Waals surface area contributed by atoms with Gasteiger partial charge < -0.3 is 4.90 Å². The van der Waals surface area contributed by atoms with Gasteiger partial charge in [0.1, 0.15) is 6.34 Å². The molecule has 5 nitrogen and oxygen atoms in total. The van der Waals surface area contributed by atoms with Gasteiger partial charge in [0.25, 0.3) is 10.0 Å². The van der Waals surface area contributed by atoms with Gasteiger partial charge in [0, 0.05) is 32.7 Å². The molecule has 0 bridgehead atoms. The Labute approximate surface area is 114 Å². The first-order valence-corrected chi connectivity index (χ1v) is 8.13. The number of sulfonamides is 1. The standard InChI is InChI=1S/C13H19N3O2S/c1-19(17,18)14-12-16-9-7-15(8-10-16)11-13-5-3-2-4-6-13/h2-6,12H,7-11H2,1H3. The van der Waals surface area contributed by atoms with E-state index < -0.39 is 10.0 Å². The molecule has 0 aliphatic carbocycles. The third-order valence-corrected chi connectivity index (χ3v) is 3.54. The molecule has 1 saturated heterocycles. The second kappa shape index (κ2) is 6.16. The summed E-state index contributed by atoms with van der Waals surface area (Å²) in [6.45, 7) is 4.41. The molecule has 0 spiro atoms.